The zero-order valence-electron chi connectivity index (χ0n) is 20.4. The van der Waals surface area contributed by atoms with Crippen molar-refractivity contribution < 1.29 is 19.5 Å². The molecule has 4 rings (SSSR count). The van der Waals surface area contributed by atoms with Crippen LogP contribution in [0.2, 0.25) is 0 Å². The molecule has 0 unspecified atom stereocenters. The lowest BCUT2D eigenvalue weighted by molar-refractivity contribution is -0.135. The molecule has 1 saturated heterocycles. The van der Waals surface area contributed by atoms with Gasteiger partial charge in [0.25, 0.3) is 0 Å². The Balaban J connectivity index is 1.49. The second-order valence-electron chi connectivity index (χ2n) is 9.31. The summed E-state index contributed by atoms with van der Waals surface area (Å²) in [6.07, 6.45) is 2.21. The number of Topliss-reactive ketones (excluding diaryl/α,β-unsaturated/α-hetero) is 1. The zero-order chi connectivity index (χ0) is 25.8. The van der Waals surface area contributed by atoms with E-state index in [4.69, 9.17) is 15.8 Å². The van der Waals surface area contributed by atoms with Gasteiger partial charge in [-0.25, -0.2) is 9.78 Å². The maximum atomic E-state index is 13.2. The topological polar surface area (TPSA) is 141 Å². The lowest BCUT2D eigenvalue weighted by atomic mass is 10.0. The van der Waals surface area contributed by atoms with Crippen LogP contribution in [0.4, 0.5) is 4.79 Å². The number of nitrogens with one attached hydrogen (secondary N) is 2. The van der Waals surface area contributed by atoms with Gasteiger partial charge < -0.3 is 26.0 Å². The Morgan fingerprint density at radius 3 is 2.28 bits per heavy atom. The Morgan fingerprint density at radius 2 is 1.69 bits per heavy atom. The van der Waals surface area contributed by atoms with Gasteiger partial charge in [0.05, 0.1) is 18.3 Å². The third-order valence-electron chi connectivity index (χ3n) is 6.57. The van der Waals surface area contributed by atoms with Gasteiger partial charge in [0, 0.05) is 23.9 Å². The Bertz CT molecular complexity index is 1230. The highest BCUT2D eigenvalue weighted by molar-refractivity contribution is 5.97. The maximum Gasteiger partial charge on any atom is 0.405 e. The number of aromatic amines is 1. The average molecular weight is 490 g/mol. The second kappa shape index (κ2) is 10.7. The second-order valence-corrected chi connectivity index (χ2v) is 9.31. The van der Waals surface area contributed by atoms with Crippen LogP contribution in [-0.4, -0.2) is 56.9 Å². The molecule has 2 heterocycles. The lowest BCUT2D eigenvalue weighted by Gasteiger charge is -2.29. The predicted octanol–water partition coefficient (Wildman–Crippen LogP) is 3.84. The lowest BCUT2D eigenvalue weighted by Crippen LogP contribution is -2.50. The molecular formula is C27H31N5O4. The summed E-state index contributed by atoms with van der Waals surface area (Å²) in [4.78, 5) is 45.8. The minimum atomic E-state index is -1.21. The van der Waals surface area contributed by atoms with Crippen LogP contribution in [-0.2, 0) is 4.79 Å². The number of nitrogens with zero attached hydrogens (tertiary/aromatic N) is 2. The molecule has 1 aliphatic rings. The summed E-state index contributed by atoms with van der Waals surface area (Å²) < 4.78 is 0. The summed E-state index contributed by atoms with van der Waals surface area (Å²) >= 11 is 0. The molecule has 2 aromatic carbocycles. The van der Waals surface area contributed by atoms with Crippen molar-refractivity contribution in [1.29, 1.82) is 0 Å². The van der Waals surface area contributed by atoms with E-state index in [9.17, 15) is 14.4 Å². The van der Waals surface area contributed by atoms with Crippen molar-refractivity contribution in [2.45, 2.75) is 38.8 Å². The van der Waals surface area contributed by atoms with Crippen LogP contribution in [0.15, 0.2) is 54.7 Å². The minimum Gasteiger partial charge on any atom is -0.465 e. The molecule has 36 heavy (non-hydrogen) atoms. The molecule has 0 radical (unpaired) electrons. The highest BCUT2D eigenvalue weighted by atomic mass is 16.4. The SMILES string of the molecule is CC(C)[C@H](NC(=O)O)C(=O)N1CCC[C@H]1c1nc(-c2ccc(-c3ccc(C(=O)CN)cc3)cc2)c[nH]1. The number of carbonyl (C=O) groups excluding carboxylic acids is 2. The van der Waals surface area contributed by atoms with Crippen molar-refractivity contribution in [2.24, 2.45) is 11.7 Å². The van der Waals surface area contributed by atoms with Crippen molar-refractivity contribution in [3.63, 3.8) is 0 Å². The molecule has 0 aliphatic carbocycles. The van der Waals surface area contributed by atoms with Crippen molar-refractivity contribution in [1.82, 2.24) is 20.2 Å². The van der Waals surface area contributed by atoms with Crippen LogP contribution in [0.5, 0.6) is 0 Å². The Labute approximate surface area is 209 Å². The zero-order valence-corrected chi connectivity index (χ0v) is 20.4. The molecule has 2 amide bonds. The smallest absolute Gasteiger partial charge is 0.405 e. The third-order valence-corrected chi connectivity index (χ3v) is 6.57. The van der Waals surface area contributed by atoms with E-state index < -0.39 is 12.1 Å². The summed E-state index contributed by atoms with van der Waals surface area (Å²) in [5.74, 6) is 0.207. The molecule has 1 fully saturated rings. The number of nitrogens with two attached hydrogens (primary N) is 1. The van der Waals surface area contributed by atoms with Crippen molar-refractivity contribution in [3.8, 4) is 22.4 Å². The number of rotatable bonds is 8. The summed E-state index contributed by atoms with van der Waals surface area (Å²) in [5, 5.41) is 11.5. The molecule has 3 aromatic rings. The molecular weight excluding hydrogens is 458 g/mol. The quantitative estimate of drug-likeness (QED) is 0.354. The van der Waals surface area contributed by atoms with Gasteiger partial charge in [-0.05, 0) is 29.9 Å². The van der Waals surface area contributed by atoms with Crippen LogP contribution in [0, 0.1) is 5.92 Å². The number of imidazole rings is 1. The van der Waals surface area contributed by atoms with Crippen molar-refractivity contribution in [3.05, 3.63) is 66.1 Å². The first-order valence-electron chi connectivity index (χ1n) is 12.1. The van der Waals surface area contributed by atoms with E-state index in [2.05, 4.69) is 10.3 Å². The normalized spacial score (nSPS) is 16.2. The first-order valence-corrected chi connectivity index (χ1v) is 12.1. The van der Waals surface area contributed by atoms with Crippen LogP contribution in [0.3, 0.4) is 0 Å². The van der Waals surface area contributed by atoms with E-state index in [0.29, 0.717) is 17.9 Å². The highest BCUT2D eigenvalue weighted by Gasteiger charge is 2.37. The fourth-order valence-electron chi connectivity index (χ4n) is 4.60. The summed E-state index contributed by atoms with van der Waals surface area (Å²) in [5.41, 5.74) is 9.73. The summed E-state index contributed by atoms with van der Waals surface area (Å²) in [6, 6.07) is 14.3. The van der Waals surface area contributed by atoms with Crippen LogP contribution < -0.4 is 11.1 Å². The number of carboxylic acid groups (broad SMARTS) is 1. The summed E-state index contributed by atoms with van der Waals surface area (Å²) in [6.45, 7) is 4.21. The highest BCUT2D eigenvalue weighted by Crippen LogP contribution is 2.33. The fourth-order valence-corrected chi connectivity index (χ4v) is 4.60. The standard InChI is InChI=1S/C27H31N5O4/c1-16(2)24(31-27(35)36)26(34)32-13-3-4-22(32)25-29-15-21(30-25)19-9-5-17(6-10-19)18-7-11-20(12-8-18)23(33)14-28/h5-12,15-16,22,24,31H,3-4,13-14,28H2,1-2H3,(H,29,30)(H,35,36)/t22-,24-/m0/s1. The molecule has 1 aliphatic heterocycles. The van der Waals surface area contributed by atoms with Gasteiger partial charge in [0.15, 0.2) is 5.78 Å². The van der Waals surface area contributed by atoms with Crippen LogP contribution in [0.1, 0.15) is 48.9 Å². The first kappa shape index (κ1) is 25.1. The number of amides is 2. The van der Waals surface area contributed by atoms with E-state index in [1.165, 1.54) is 0 Å². The predicted molar refractivity (Wildman–Crippen MR) is 136 cm³/mol. The molecule has 9 heteroatoms. The molecule has 0 spiro atoms. The Kier molecular flexibility index (Phi) is 7.49. The Hall–Kier alpha value is -3.98. The largest absolute Gasteiger partial charge is 0.465 e. The first-order chi connectivity index (χ1) is 17.3. The number of hydrogen-bond donors (Lipinski definition) is 4. The van der Waals surface area contributed by atoms with Gasteiger partial charge in [-0.15, -0.1) is 0 Å². The van der Waals surface area contributed by atoms with Crippen molar-refractivity contribution >= 4 is 17.8 Å². The van der Waals surface area contributed by atoms with Gasteiger partial charge >= 0.3 is 6.09 Å². The number of benzene rings is 2. The number of hydrogen-bond acceptors (Lipinski definition) is 5. The molecule has 1 aromatic heterocycles. The number of aromatic nitrogens is 2. The number of ketones is 1. The number of likely N-dealkylation sites (tertiary alicyclic amines) is 1. The van der Waals surface area contributed by atoms with E-state index in [-0.39, 0.29) is 30.2 Å². The summed E-state index contributed by atoms with van der Waals surface area (Å²) in [7, 11) is 0. The molecule has 9 nitrogen and oxygen atoms in total. The molecule has 5 N–H and O–H groups in total. The maximum absolute atomic E-state index is 13.2. The van der Waals surface area contributed by atoms with E-state index >= 15 is 0 Å². The van der Waals surface area contributed by atoms with Crippen molar-refractivity contribution in [2.75, 3.05) is 13.1 Å². The van der Waals surface area contributed by atoms with E-state index in [1.54, 1.807) is 17.0 Å². The monoisotopic (exact) mass is 489 g/mol. The van der Waals surface area contributed by atoms with E-state index in [0.717, 1.165) is 35.2 Å². The Morgan fingerprint density at radius 1 is 1.08 bits per heavy atom. The van der Waals surface area contributed by atoms with E-state index in [1.807, 2.05) is 56.4 Å². The molecule has 2 atom stereocenters. The minimum absolute atomic E-state index is 0.00992. The average Bonchev–Trinajstić information content (AvgIpc) is 3.56. The fraction of sp³-hybridized carbons (Fsp3) is 0.333. The van der Waals surface area contributed by atoms with Gasteiger partial charge in [0.2, 0.25) is 5.91 Å². The van der Waals surface area contributed by atoms with Gasteiger partial charge in [-0.1, -0.05) is 62.4 Å². The van der Waals surface area contributed by atoms with Crippen LogP contribution in [0.25, 0.3) is 22.4 Å². The van der Waals surface area contributed by atoms with Gasteiger partial charge in [0.1, 0.15) is 11.9 Å². The third kappa shape index (κ3) is 5.31. The molecule has 0 bridgehead atoms. The molecule has 188 valence electrons. The van der Waals surface area contributed by atoms with Gasteiger partial charge in [-0.3, -0.25) is 9.59 Å². The van der Waals surface area contributed by atoms with Gasteiger partial charge in [-0.2, -0.15) is 0 Å². The van der Waals surface area contributed by atoms with Crippen LogP contribution >= 0.6 is 0 Å². The molecule has 0 saturated carbocycles. The number of H-pyrrole nitrogens is 1. The number of carbonyl (C=O) groups is 3.